The highest BCUT2D eigenvalue weighted by Crippen LogP contribution is 2.29. The van der Waals surface area contributed by atoms with Crippen molar-refractivity contribution in [3.63, 3.8) is 0 Å². The van der Waals surface area contributed by atoms with E-state index in [0.717, 1.165) is 12.1 Å². The van der Waals surface area contributed by atoms with E-state index in [9.17, 15) is 9.90 Å². The minimum atomic E-state index is -0.277. The van der Waals surface area contributed by atoms with Crippen LogP contribution in [0.4, 0.5) is 0 Å². The minimum Gasteiger partial charge on any atom is -0.508 e. The number of rotatable bonds is 6. The molecule has 1 heterocycles. The van der Waals surface area contributed by atoms with Crippen LogP contribution in [0.5, 0.6) is 5.75 Å². The fourth-order valence-corrected chi connectivity index (χ4v) is 3.62. The van der Waals surface area contributed by atoms with Gasteiger partial charge in [0.2, 0.25) is 5.91 Å². The van der Waals surface area contributed by atoms with E-state index in [-0.39, 0.29) is 17.7 Å². The highest BCUT2D eigenvalue weighted by atomic mass is 35.5. The molecule has 2 aromatic rings. The number of carbonyl (C=O) groups excluding carboxylic acids is 1. The van der Waals surface area contributed by atoms with E-state index in [1.165, 1.54) is 11.1 Å². The standard InChI is InChI=1S/C21H26ClN3O2/c1-24(2)10-9-23-21(27)19-12-15-5-3-4-6-16(15)13-25(19)14-17-11-18(22)7-8-20(17)26/h3-8,11,19,26H,9-10,12-14H2,1-2H3,(H,23,27). The van der Waals surface area contributed by atoms with E-state index >= 15 is 0 Å². The molecule has 6 heteroatoms. The van der Waals surface area contributed by atoms with E-state index in [0.29, 0.717) is 31.1 Å². The van der Waals surface area contributed by atoms with Crippen molar-refractivity contribution in [2.75, 3.05) is 27.2 Å². The van der Waals surface area contributed by atoms with Crippen molar-refractivity contribution in [1.29, 1.82) is 0 Å². The molecule has 2 N–H and O–H groups in total. The molecule has 27 heavy (non-hydrogen) atoms. The molecule has 0 aliphatic carbocycles. The molecule has 0 aromatic heterocycles. The first-order chi connectivity index (χ1) is 12.9. The summed E-state index contributed by atoms with van der Waals surface area (Å²) in [7, 11) is 3.97. The van der Waals surface area contributed by atoms with Gasteiger partial charge < -0.3 is 15.3 Å². The highest BCUT2D eigenvalue weighted by Gasteiger charge is 2.31. The van der Waals surface area contributed by atoms with Gasteiger partial charge in [-0.25, -0.2) is 0 Å². The van der Waals surface area contributed by atoms with E-state index in [1.54, 1.807) is 18.2 Å². The Morgan fingerprint density at radius 2 is 2.00 bits per heavy atom. The monoisotopic (exact) mass is 387 g/mol. The SMILES string of the molecule is CN(C)CCNC(=O)C1Cc2ccccc2CN1Cc1cc(Cl)ccc1O. The Hall–Kier alpha value is -2.08. The number of phenolic OH excluding ortho intramolecular Hbond substituents is 1. The molecule has 1 aliphatic heterocycles. The molecule has 1 unspecified atom stereocenters. The summed E-state index contributed by atoms with van der Waals surface area (Å²) in [5, 5.41) is 13.8. The summed E-state index contributed by atoms with van der Waals surface area (Å²) in [6.07, 6.45) is 0.658. The second-order valence-corrected chi connectivity index (χ2v) is 7.70. The van der Waals surface area contributed by atoms with Gasteiger partial charge in [0.1, 0.15) is 5.75 Å². The number of phenols is 1. The smallest absolute Gasteiger partial charge is 0.237 e. The molecule has 2 aromatic carbocycles. The topological polar surface area (TPSA) is 55.8 Å². The van der Waals surface area contributed by atoms with E-state index < -0.39 is 0 Å². The average molecular weight is 388 g/mol. The summed E-state index contributed by atoms with van der Waals surface area (Å²) in [5.74, 6) is 0.220. The molecule has 5 nitrogen and oxygen atoms in total. The third-order valence-corrected chi connectivity index (χ3v) is 5.16. The van der Waals surface area contributed by atoms with Gasteiger partial charge in [-0.2, -0.15) is 0 Å². The first-order valence-corrected chi connectivity index (χ1v) is 9.52. The predicted octanol–water partition coefficient (Wildman–Crippen LogP) is 2.65. The van der Waals surface area contributed by atoms with E-state index in [4.69, 9.17) is 11.6 Å². The summed E-state index contributed by atoms with van der Waals surface area (Å²) >= 11 is 6.10. The van der Waals surface area contributed by atoms with E-state index in [1.807, 2.05) is 31.1 Å². The zero-order valence-corrected chi connectivity index (χ0v) is 16.5. The second kappa shape index (κ2) is 8.74. The minimum absolute atomic E-state index is 0.0212. The molecule has 1 amide bonds. The number of likely N-dealkylation sites (N-methyl/N-ethyl adjacent to an activating group) is 1. The molecule has 144 valence electrons. The van der Waals surface area contributed by atoms with Crippen molar-refractivity contribution in [3.05, 3.63) is 64.2 Å². The number of fused-ring (bicyclic) bond motifs is 1. The number of benzene rings is 2. The molecule has 0 spiro atoms. The largest absolute Gasteiger partial charge is 0.508 e. The fourth-order valence-electron chi connectivity index (χ4n) is 3.42. The van der Waals surface area contributed by atoms with Crippen molar-refractivity contribution in [2.24, 2.45) is 0 Å². The molecule has 0 fully saturated rings. The summed E-state index contributed by atoms with van der Waals surface area (Å²) < 4.78 is 0. The first kappa shape index (κ1) is 19.7. The summed E-state index contributed by atoms with van der Waals surface area (Å²) in [6.45, 7) is 2.53. The third kappa shape index (κ3) is 5.01. The maximum Gasteiger partial charge on any atom is 0.237 e. The van der Waals surface area contributed by atoms with Crippen molar-refractivity contribution in [2.45, 2.75) is 25.6 Å². The third-order valence-electron chi connectivity index (χ3n) is 4.92. The number of amides is 1. The second-order valence-electron chi connectivity index (χ2n) is 7.26. The van der Waals surface area contributed by atoms with Gasteiger partial charge in [-0.3, -0.25) is 9.69 Å². The van der Waals surface area contributed by atoms with Crippen LogP contribution >= 0.6 is 11.6 Å². The molecular formula is C21H26ClN3O2. The molecule has 3 rings (SSSR count). The number of carbonyl (C=O) groups is 1. The lowest BCUT2D eigenvalue weighted by molar-refractivity contribution is -0.127. The molecule has 1 aliphatic rings. The van der Waals surface area contributed by atoms with Crippen LogP contribution in [0.15, 0.2) is 42.5 Å². The average Bonchev–Trinajstić information content (AvgIpc) is 2.63. The molecule has 0 radical (unpaired) electrons. The summed E-state index contributed by atoms with van der Waals surface area (Å²) in [6, 6.07) is 13.0. The molecular weight excluding hydrogens is 362 g/mol. The number of aromatic hydroxyl groups is 1. The van der Waals surface area contributed by atoms with Crippen LogP contribution in [-0.4, -0.2) is 54.0 Å². The summed E-state index contributed by atoms with van der Waals surface area (Å²) in [4.78, 5) is 17.0. The van der Waals surface area contributed by atoms with Crippen LogP contribution in [0.2, 0.25) is 5.02 Å². The first-order valence-electron chi connectivity index (χ1n) is 9.14. The van der Waals surface area contributed by atoms with Gasteiger partial charge in [0.05, 0.1) is 6.04 Å². The van der Waals surface area contributed by atoms with Gasteiger partial charge in [0.25, 0.3) is 0 Å². The van der Waals surface area contributed by atoms with Crippen LogP contribution in [0.25, 0.3) is 0 Å². The molecule has 0 saturated heterocycles. The van der Waals surface area contributed by atoms with Gasteiger partial charge in [-0.05, 0) is 49.8 Å². The van der Waals surface area contributed by atoms with E-state index in [2.05, 4.69) is 22.3 Å². The lowest BCUT2D eigenvalue weighted by atomic mass is 9.93. The normalized spacial score (nSPS) is 17.0. The fraction of sp³-hybridized carbons (Fsp3) is 0.381. The Kier molecular flexibility index (Phi) is 6.37. The Morgan fingerprint density at radius 1 is 1.26 bits per heavy atom. The predicted molar refractivity (Wildman–Crippen MR) is 108 cm³/mol. The lowest BCUT2D eigenvalue weighted by Gasteiger charge is -2.36. The molecule has 1 atom stereocenters. The number of nitrogens with zero attached hydrogens (tertiary/aromatic N) is 2. The van der Waals surface area contributed by atoms with Crippen molar-refractivity contribution >= 4 is 17.5 Å². The number of halogens is 1. The maximum atomic E-state index is 12.9. The van der Waals surface area contributed by atoms with Gasteiger partial charge in [-0.1, -0.05) is 35.9 Å². The van der Waals surface area contributed by atoms with Crippen molar-refractivity contribution in [3.8, 4) is 5.75 Å². The highest BCUT2D eigenvalue weighted by molar-refractivity contribution is 6.30. The molecule has 0 saturated carbocycles. The van der Waals surface area contributed by atoms with Gasteiger partial charge in [0, 0.05) is 36.8 Å². The zero-order valence-electron chi connectivity index (χ0n) is 15.8. The number of hydrogen-bond acceptors (Lipinski definition) is 4. The van der Waals surface area contributed by atoms with Crippen molar-refractivity contribution in [1.82, 2.24) is 15.1 Å². The Labute approximate surface area is 165 Å². The van der Waals surface area contributed by atoms with Crippen molar-refractivity contribution < 1.29 is 9.90 Å². The van der Waals surface area contributed by atoms with Crippen LogP contribution in [-0.2, 0) is 24.3 Å². The van der Waals surface area contributed by atoms with Gasteiger partial charge >= 0.3 is 0 Å². The Balaban J connectivity index is 1.81. The number of hydrogen-bond donors (Lipinski definition) is 2. The van der Waals surface area contributed by atoms with Gasteiger partial charge in [0.15, 0.2) is 0 Å². The summed E-state index contributed by atoms with van der Waals surface area (Å²) in [5.41, 5.74) is 3.15. The Morgan fingerprint density at radius 3 is 2.74 bits per heavy atom. The zero-order chi connectivity index (χ0) is 19.4. The quantitative estimate of drug-likeness (QED) is 0.800. The Bertz CT molecular complexity index is 810. The maximum absolute atomic E-state index is 12.9. The van der Waals surface area contributed by atoms with Gasteiger partial charge in [-0.15, -0.1) is 0 Å². The van der Waals surface area contributed by atoms with Crippen LogP contribution in [0, 0.1) is 0 Å². The lowest BCUT2D eigenvalue weighted by Crippen LogP contribution is -2.50. The van der Waals surface area contributed by atoms with Crippen LogP contribution in [0.3, 0.4) is 0 Å². The molecule has 0 bridgehead atoms. The van der Waals surface area contributed by atoms with Crippen LogP contribution in [0.1, 0.15) is 16.7 Å². The number of nitrogens with one attached hydrogen (secondary N) is 1. The van der Waals surface area contributed by atoms with Crippen LogP contribution < -0.4 is 5.32 Å².